The van der Waals surface area contributed by atoms with Crippen LogP contribution in [0.15, 0.2) is 103 Å². The predicted molar refractivity (Wildman–Crippen MR) is 322 cm³/mol. The fourth-order valence-electron chi connectivity index (χ4n) is 10.7. The highest BCUT2D eigenvalue weighted by atomic mass is 16.5. The first-order chi connectivity index (χ1) is 36.8. The van der Waals surface area contributed by atoms with Gasteiger partial charge in [0.2, 0.25) is 0 Å². The lowest BCUT2D eigenvalue weighted by Gasteiger charge is -2.18. The maximum atomic E-state index is 10.9. The highest BCUT2D eigenvalue weighted by Gasteiger charge is 2.20. The van der Waals surface area contributed by atoms with Gasteiger partial charge in [-0.2, -0.15) is 10.5 Å². The second kappa shape index (κ2) is 32.4. The summed E-state index contributed by atoms with van der Waals surface area (Å²) in [4.78, 5) is 0. The lowest BCUT2D eigenvalue weighted by atomic mass is 9.96. The van der Waals surface area contributed by atoms with Gasteiger partial charge in [-0.05, 0) is 109 Å². The summed E-state index contributed by atoms with van der Waals surface area (Å²) in [6.45, 7) is 15.3. The van der Waals surface area contributed by atoms with Gasteiger partial charge in [0, 0.05) is 39.5 Å². The molecule has 0 fully saturated rings. The zero-order chi connectivity index (χ0) is 53.0. The Morgan fingerprint density at radius 2 is 0.907 bits per heavy atom. The summed E-state index contributed by atoms with van der Waals surface area (Å²) < 4.78 is 15.7. The molecule has 6 rings (SSSR count). The summed E-state index contributed by atoms with van der Waals surface area (Å²) in [5.41, 5.74) is 12.0. The minimum Gasteiger partial charge on any atom is -0.493 e. The van der Waals surface area contributed by atoms with Crippen LogP contribution in [0.4, 0.5) is 0 Å². The van der Waals surface area contributed by atoms with Crippen molar-refractivity contribution in [3.05, 3.63) is 125 Å². The third kappa shape index (κ3) is 17.5. The van der Waals surface area contributed by atoms with Crippen molar-refractivity contribution in [2.45, 2.75) is 202 Å². The van der Waals surface area contributed by atoms with Crippen molar-refractivity contribution in [3.8, 4) is 45.9 Å². The zero-order valence-electron chi connectivity index (χ0n) is 47.2. The van der Waals surface area contributed by atoms with E-state index in [4.69, 9.17) is 9.47 Å². The van der Waals surface area contributed by atoms with E-state index >= 15 is 0 Å². The molecule has 0 aliphatic heterocycles. The van der Waals surface area contributed by atoms with Gasteiger partial charge in [-0.15, -0.1) is 0 Å². The van der Waals surface area contributed by atoms with Crippen LogP contribution >= 0.6 is 0 Å². The topological polar surface area (TPSA) is 71.0 Å². The van der Waals surface area contributed by atoms with Gasteiger partial charge in [0.15, 0.2) is 0 Å². The molecule has 0 aliphatic rings. The number of aryl methyl sites for hydroxylation is 1. The number of nitriles is 2. The summed E-state index contributed by atoms with van der Waals surface area (Å²) >= 11 is 0. The summed E-state index contributed by atoms with van der Waals surface area (Å²) in [7, 11) is 0. The van der Waals surface area contributed by atoms with Gasteiger partial charge in [0.25, 0.3) is 0 Å². The summed E-state index contributed by atoms with van der Waals surface area (Å²) in [6, 6.07) is 40.3. The van der Waals surface area contributed by atoms with Crippen LogP contribution in [0.2, 0.25) is 0 Å². The average Bonchev–Trinajstić information content (AvgIpc) is 3.75. The minimum atomic E-state index is 0.498. The molecule has 75 heavy (non-hydrogen) atoms. The number of aromatic nitrogens is 1. The Hall–Kier alpha value is -6.04. The van der Waals surface area contributed by atoms with E-state index in [-0.39, 0.29) is 0 Å². The van der Waals surface area contributed by atoms with E-state index < -0.39 is 0 Å². The van der Waals surface area contributed by atoms with Crippen LogP contribution in [0.5, 0.6) is 11.5 Å². The third-order valence-electron chi connectivity index (χ3n) is 15.5. The Kier molecular flexibility index (Phi) is 25.2. The standard InChI is InChI=1S/C70H91N3O2/c1-7-12-15-17-19-21-23-25-27-29-44-74-69-50-64(70(49-63(69)57(11-5)51-71)75-45-30-28-26-24-22-20-18-16-13-8-2)62(52-72)46-56-34-38-59(39-35-56)61-41-43-68-66(48-61)65-47-60(58-36-32-54(6)33-37-58)40-42-67(65)73(68)53-55(10-4)31-14-9-3/h11,32-43,46-50,55H,7-10,12-31,44-45,53H2,1-6H3/b57-11+,62-46+. The van der Waals surface area contributed by atoms with Gasteiger partial charge in [-0.3, -0.25) is 0 Å². The second-order valence-corrected chi connectivity index (χ2v) is 21.4. The second-order valence-electron chi connectivity index (χ2n) is 21.4. The third-order valence-corrected chi connectivity index (χ3v) is 15.5. The molecule has 1 atom stereocenters. The quantitative estimate of drug-likeness (QED) is 0.0226. The molecular formula is C70H91N3O2. The lowest BCUT2D eigenvalue weighted by Crippen LogP contribution is -2.10. The van der Waals surface area contributed by atoms with E-state index in [9.17, 15) is 10.5 Å². The van der Waals surface area contributed by atoms with Gasteiger partial charge in [-0.25, -0.2) is 0 Å². The molecule has 5 heteroatoms. The van der Waals surface area contributed by atoms with Crippen molar-refractivity contribution in [2.24, 2.45) is 5.92 Å². The number of nitrogens with zero attached hydrogens (tertiary/aromatic N) is 3. The van der Waals surface area contributed by atoms with Crippen LogP contribution in [0.1, 0.15) is 211 Å². The molecule has 0 bridgehead atoms. The molecule has 0 saturated carbocycles. The first kappa shape index (κ1) is 58.2. The van der Waals surface area contributed by atoms with Gasteiger partial charge >= 0.3 is 0 Å². The van der Waals surface area contributed by atoms with Gasteiger partial charge in [-0.1, -0.05) is 235 Å². The van der Waals surface area contributed by atoms with Gasteiger partial charge in [0.05, 0.1) is 36.5 Å². The average molecular weight is 1010 g/mol. The number of benzene rings is 5. The van der Waals surface area contributed by atoms with Crippen molar-refractivity contribution in [3.63, 3.8) is 0 Å². The number of allylic oxidation sites excluding steroid dienone is 3. The van der Waals surface area contributed by atoms with Crippen molar-refractivity contribution >= 4 is 39.0 Å². The Bertz CT molecular complexity index is 2790. The molecule has 6 aromatic rings. The number of ether oxygens (including phenoxy) is 2. The predicted octanol–water partition coefficient (Wildman–Crippen LogP) is 21.2. The molecule has 0 amide bonds. The molecule has 398 valence electrons. The summed E-state index contributed by atoms with van der Waals surface area (Å²) in [5.74, 6) is 1.85. The molecule has 1 unspecified atom stereocenters. The van der Waals surface area contributed by atoms with E-state index in [1.807, 2.05) is 31.2 Å². The van der Waals surface area contributed by atoms with Crippen LogP contribution in [-0.2, 0) is 6.54 Å². The molecule has 5 aromatic carbocycles. The van der Waals surface area contributed by atoms with Gasteiger partial charge < -0.3 is 14.0 Å². The molecular weight excluding hydrogens is 915 g/mol. The number of fused-ring (bicyclic) bond motifs is 3. The van der Waals surface area contributed by atoms with E-state index in [1.165, 1.54) is 167 Å². The van der Waals surface area contributed by atoms with Gasteiger partial charge in [0.1, 0.15) is 11.5 Å². The number of rotatable bonds is 35. The van der Waals surface area contributed by atoms with Crippen molar-refractivity contribution < 1.29 is 9.47 Å². The van der Waals surface area contributed by atoms with Crippen LogP contribution in [0, 0.1) is 35.5 Å². The van der Waals surface area contributed by atoms with Crippen molar-refractivity contribution in [2.75, 3.05) is 13.2 Å². The van der Waals surface area contributed by atoms with Crippen molar-refractivity contribution in [1.82, 2.24) is 4.57 Å². The highest BCUT2D eigenvalue weighted by molar-refractivity contribution is 6.10. The minimum absolute atomic E-state index is 0.498. The Morgan fingerprint density at radius 3 is 1.33 bits per heavy atom. The smallest absolute Gasteiger partial charge is 0.128 e. The molecule has 1 heterocycles. The molecule has 5 nitrogen and oxygen atoms in total. The molecule has 0 spiro atoms. The Morgan fingerprint density at radius 1 is 0.493 bits per heavy atom. The Labute approximate surface area is 454 Å². The maximum absolute atomic E-state index is 10.9. The maximum Gasteiger partial charge on any atom is 0.128 e. The SMILES string of the molecule is C/C=C(\C#N)c1cc(OCCCCCCCCCCCC)c(/C(C#N)=C/c2ccc(-c3ccc4c(c3)c3cc(-c5ccc(C)cc5)ccc3n4CC(CC)CCCC)cc2)cc1OCCCCCCCCCCCC. The summed E-state index contributed by atoms with van der Waals surface area (Å²) in [5, 5.41) is 23.8. The van der Waals surface area contributed by atoms with E-state index in [0.717, 1.165) is 48.9 Å². The number of hydrogen-bond acceptors (Lipinski definition) is 4. The fraction of sp³-hybridized carbons (Fsp3) is 0.486. The number of unbranched alkanes of at least 4 members (excludes halogenated alkanes) is 19. The molecule has 1 aromatic heterocycles. The van der Waals surface area contributed by atoms with E-state index in [2.05, 4.69) is 136 Å². The monoisotopic (exact) mass is 1010 g/mol. The molecule has 0 N–H and O–H groups in total. The van der Waals surface area contributed by atoms with Crippen molar-refractivity contribution in [1.29, 1.82) is 10.5 Å². The summed E-state index contributed by atoms with van der Waals surface area (Å²) in [6.07, 6.45) is 33.6. The van der Waals surface area contributed by atoms with E-state index in [1.54, 1.807) is 0 Å². The molecule has 0 radical (unpaired) electrons. The largest absolute Gasteiger partial charge is 0.493 e. The van der Waals surface area contributed by atoms with E-state index in [0.29, 0.717) is 52.9 Å². The van der Waals surface area contributed by atoms with Crippen LogP contribution in [-0.4, -0.2) is 17.8 Å². The first-order valence-corrected chi connectivity index (χ1v) is 29.7. The Balaban J connectivity index is 1.27. The van der Waals surface area contributed by atoms with Crippen LogP contribution < -0.4 is 9.47 Å². The highest BCUT2D eigenvalue weighted by Crippen LogP contribution is 2.40. The first-order valence-electron chi connectivity index (χ1n) is 29.7. The number of hydrogen-bond donors (Lipinski definition) is 0. The zero-order valence-corrected chi connectivity index (χ0v) is 47.2. The van der Waals surface area contributed by atoms with Crippen LogP contribution in [0.25, 0.3) is 61.3 Å². The molecule has 0 aliphatic carbocycles. The lowest BCUT2D eigenvalue weighted by molar-refractivity contribution is 0.295. The van der Waals surface area contributed by atoms with Crippen LogP contribution in [0.3, 0.4) is 0 Å². The fourth-order valence-corrected chi connectivity index (χ4v) is 10.7. The molecule has 0 saturated heterocycles. The normalized spacial score (nSPS) is 12.3.